The van der Waals surface area contributed by atoms with Crippen molar-refractivity contribution in [2.24, 2.45) is 5.92 Å². The lowest BCUT2D eigenvalue weighted by atomic mass is 9.93. The van der Waals surface area contributed by atoms with Gasteiger partial charge in [0, 0.05) is 17.7 Å². The van der Waals surface area contributed by atoms with Gasteiger partial charge in [-0.2, -0.15) is 0 Å². The average molecular weight is 425 g/mol. The van der Waals surface area contributed by atoms with Crippen molar-refractivity contribution < 1.29 is 17.9 Å². The first-order valence-corrected chi connectivity index (χ1v) is 10.9. The first-order valence-electron chi connectivity index (χ1n) is 8.44. The fourth-order valence-corrected chi connectivity index (χ4v) is 3.31. The molecule has 0 saturated carbocycles. The zero-order valence-corrected chi connectivity index (χ0v) is 17.2. The number of halogens is 2. The Bertz CT molecular complexity index is 692. The number of carbonyl (C=O) groups is 1. The van der Waals surface area contributed by atoms with Crippen LogP contribution in [0.4, 0.5) is 5.69 Å². The van der Waals surface area contributed by atoms with Crippen LogP contribution in [0.25, 0.3) is 0 Å². The molecule has 26 heavy (non-hydrogen) atoms. The Morgan fingerprint density at radius 2 is 2.04 bits per heavy atom. The van der Waals surface area contributed by atoms with E-state index in [2.05, 4.69) is 10.6 Å². The van der Waals surface area contributed by atoms with Gasteiger partial charge >= 0.3 is 0 Å². The highest BCUT2D eigenvalue weighted by atomic mass is 35.5. The molecule has 1 saturated heterocycles. The molecule has 1 aliphatic heterocycles. The molecule has 6 nitrogen and oxygen atoms in total. The number of rotatable bonds is 8. The Morgan fingerprint density at radius 3 is 2.69 bits per heavy atom. The van der Waals surface area contributed by atoms with Crippen LogP contribution in [-0.2, 0) is 14.6 Å². The number of benzene rings is 1. The molecule has 0 bridgehead atoms. The Labute approximate surface area is 166 Å². The van der Waals surface area contributed by atoms with Crippen molar-refractivity contribution in [3.05, 3.63) is 23.2 Å². The molecular formula is C17H26Cl2N2O4S. The largest absolute Gasteiger partial charge is 0.490 e. The Hall–Kier alpha value is -1.02. The molecule has 0 aliphatic carbocycles. The third-order valence-corrected chi connectivity index (χ3v) is 5.31. The second-order valence-electron chi connectivity index (χ2n) is 6.40. The van der Waals surface area contributed by atoms with Gasteiger partial charge in [-0.3, -0.25) is 4.79 Å². The predicted molar refractivity (Wildman–Crippen MR) is 107 cm³/mol. The molecule has 1 heterocycles. The van der Waals surface area contributed by atoms with Gasteiger partial charge in [-0.25, -0.2) is 8.42 Å². The van der Waals surface area contributed by atoms with Crippen molar-refractivity contribution in [3.8, 4) is 5.75 Å². The van der Waals surface area contributed by atoms with Crippen LogP contribution < -0.4 is 15.4 Å². The highest BCUT2D eigenvalue weighted by molar-refractivity contribution is 7.90. The highest BCUT2D eigenvalue weighted by Crippen LogP contribution is 2.28. The van der Waals surface area contributed by atoms with Crippen LogP contribution in [0.5, 0.6) is 5.75 Å². The zero-order chi connectivity index (χ0) is 18.3. The number of ether oxygens (including phenoxy) is 1. The van der Waals surface area contributed by atoms with E-state index >= 15 is 0 Å². The normalized spacial score (nSPS) is 15.2. The molecule has 0 spiro atoms. The van der Waals surface area contributed by atoms with E-state index in [0.717, 1.165) is 38.6 Å². The van der Waals surface area contributed by atoms with Crippen molar-refractivity contribution in [1.29, 1.82) is 0 Å². The van der Waals surface area contributed by atoms with Crippen molar-refractivity contribution >= 4 is 45.4 Å². The maximum Gasteiger partial charge on any atom is 0.224 e. The van der Waals surface area contributed by atoms with Crippen LogP contribution >= 0.6 is 24.0 Å². The summed E-state index contributed by atoms with van der Waals surface area (Å²) in [7, 11) is -3.10. The zero-order valence-electron chi connectivity index (χ0n) is 14.8. The first-order chi connectivity index (χ1) is 11.8. The first kappa shape index (κ1) is 23.0. The summed E-state index contributed by atoms with van der Waals surface area (Å²) in [6.45, 7) is 2.05. The Morgan fingerprint density at radius 1 is 1.35 bits per heavy atom. The van der Waals surface area contributed by atoms with Gasteiger partial charge in [0.25, 0.3) is 0 Å². The minimum Gasteiger partial charge on any atom is -0.490 e. The minimum absolute atomic E-state index is 0. The molecule has 0 radical (unpaired) electrons. The van der Waals surface area contributed by atoms with E-state index in [1.165, 1.54) is 0 Å². The molecule has 1 aromatic carbocycles. The predicted octanol–water partition coefficient (Wildman–Crippen LogP) is 2.90. The second-order valence-corrected chi connectivity index (χ2v) is 9.10. The number of sulfone groups is 1. The van der Waals surface area contributed by atoms with Gasteiger partial charge < -0.3 is 15.4 Å². The SMILES string of the molecule is CS(=O)(=O)CCOc1ccc(Cl)cc1NC(=O)CCC1CCNCC1.Cl. The highest BCUT2D eigenvalue weighted by Gasteiger charge is 2.16. The van der Waals surface area contributed by atoms with Crippen LogP contribution in [0, 0.1) is 5.92 Å². The van der Waals surface area contributed by atoms with E-state index in [0.29, 0.717) is 28.8 Å². The van der Waals surface area contributed by atoms with Crippen molar-refractivity contribution in [2.75, 3.05) is 37.0 Å². The van der Waals surface area contributed by atoms with Crippen LogP contribution in [0.1, 0.15) is 25.7 Å². The van der Waals surface area contributed by atoms with Crippen LogP contribution in [-0.4, -0.2) is 46.0 Å². The summed E-state index contributed by atoms with van der Waals surface area (Å²) in [5.74, 6) is 0.826. The minimum atomic E-state index is -3.10. The number of amides is 1. The van der Waals surface area contributed by atoms with Crippen molar-refractivity contribution in [3.63, 3.8) is 0 Å². The van der Waals surface area contributed by atoms with Gasteiger partial charge in [0.15, 0.2) is 9.84 Å². The van der Waals surface area contributed by atoms with Gasteiger partial charge in [0.1, 0.15) is 12.4 Å². The van der Waals surface area contributed by atoms with E-state index in [1.807, 2.05) is 0 Å². The third kappa shape index (κ3) is 8.58. The van der Waals surface area contributed by atoms with E-state index < -0.39 is 9.84 Å². The molecule has 1 aromatic rings. The number of hydrogen-bond acceptors (Lipinski definition) is 5. The number of hydrogen-bond donors (Lipinski definition) is 2. The summed E-state index contributed by atoms with van der Waals surface area (Å²) in [6.07, 6.45) is 4.66. The lowest BCUT2D eigenvalue weighted by Gasteiger charge is -2.22. The number of nitrogens with one attached hydrogen (secondary N) is 2. The molecule has 1 aliphatic rings. The topological polar surface area (TPSA) is 84.5 Å². The van der Waals surface area contributed by atoms with E-state index in [-0.39, 0.29) is 30.7 Å². The van der Waals surface area contributed by atoms with Crippen LogP contribution in [0.2, 0.25) is 5.02 Å². The maximum atomic E-state index is 12.2. The summed E-state index contributed by atoms with van der Waals surface area (Å²) in [5, 5.41) is 6.61. The smallest absolute Gasteiger partial charge is 0.224 e. The molecule has 0 aromatic heterocycles. The Balaban J connectivity index is 0.00000338. The standard InChI is InChI=1S/C17H25ClN2O4S.ClH/c1-25(22,23)11-10-24-16-4-3-14(18)12-15(16)20-17(21)5-2-13-6-8-19-9-7-13;/h3-4,12-13,19H,2,5-11H2,1H3,(H,20,21);1H. The van der Waals surface area contributed by atoms with E-state index in [4.69, 9.17) is 16.3 Å². The molecule has 9 heteroatoms. The summed E-state index contributed by atoms with van der Waals surface area (Å²) < 4.78 is 27.9. The molecule has 2 N–H and O–H groups in total. The van der Waals surface area contributed by atoms with Gasteiger partial charge in [-0.15, -0.1) is 12.4 Å². The lowest BCUT2D eigenvalue weighted by molar-refractivity contribution is -0.116. The van der Waals surface area contributed by atoms with Crippen LogP contribution in [0.3, 0.4) is 0 Å². The fourth-order valence-electron chi connectivity index (χ4n) is 2.75. The fraction of sp³-hybridized carbons (Fsp3) is 0.588. The lowest BCUT2D eigenvalue weighted by Crippen LogP contribution is -2.28. The molecule has 148 valence electrons. The number of carbonyl (C=O) groups excluding carboxylic acids is 1. The van der Waals surface area contributed by atoms with Crippen molar-refractivity contribution in [1.82, 2.24) is 5.32 Å². The van der Waals surface area contributed by atoms with E-state index in [9.17, 15) is 13.2 Å². The average Bonchev–Trinajstić information content (AvgIpc) is 2.55. The molecule has 2 rings (SSSR count). The molecule has 1 fully saturated rings. The summed E-state index contributed by atoms with van der Waals surface area (Å²) >= 11 is 6.00. The quantitative estimate of drug-likeness (QED) is 0.669. The molecule has 0 unspecified atom stereocenters. The third-order valence-electron chi connectivity index (χ3n) is 4.17. The van der Waals surface area contributed by atoms with Gasteiger partial charge in [0.2, 0.25) is 5.91 Å². The molecule has 0 atom stereocenters. The van der Waals surface area contributed by atoms with Crippen LogP contribution in [0.15, 0.2) is 18.2 Å². The Kier molecular flexibility index (Phi) is 9.71. The van der Waals surface area contributed by atoms with Gasteiger partial charge in [-0.1, -0.05) is 11.6 Å². The van der Waals surface area contributed by atoms with Crippen molar-refractivity contribution in [2.45, 2.75) is 25.7 Å². The summed E-state index contributed by atoms with van der Waals surface area (Å²) in [6, 6.07) is 4.88. The monoisotopic (exact) mass is 424 g/mol. The summed E-state index contributed by atoms with van der Waals surface area (Å²) in [4.78, 5) is 12.2. The van der Waals surface area contributed by atoms with E-state index in [1.54, 1.807) is 18.2 Å². The second kappa shape index (κ2) is 11.0. The molecule has 1 amide bonds. The van der Waals surface area contributed by atoms with Gasteiger partial charge in [0.05, 0.1) is 11.4 Å². The van der Waals surface area contributed by atoms with Gasteiger partial charge in [-0.05, 0) is 56.5 Å². The number of piperidine rings is 1. The molecular weight excluding hydrogens is 399 g/mol. The maximum absolute atomic E-state index is 12.2. The summed E-state index contributed by atoms with van der Waals surface area (Å²) in [5.41, 5.74) is 0.469. The number of anilines is 1.